The van der Waals surface area contributed by atoms with Crippen LogP contribution in [-0.4, -0.2) is 46.5 Å². The average molecular weight is 413 g/mol. The van der Waals surface area contributed by atoms with Crippen molar-refractivity contribution in [3.05, 3.63) is 11.3 Å². The van der Waals surface area contributed by atoms with E-state index >= 15 is 0 Å². The molecule has 3 N–H and O–H groups in total. The molecular weight excluding hydrogens is 376 g/mol. The van der Waals surface area contributed by atoms with Gasteiger partial charge in [-0.1, -0.05) is 12.8 Å². The average Bonchev–Trinajstić information content (AvgIpc) is 3.27. The van der Waals surface area contributed by atoms with E-state index in [2.05, 4.69) is 17.6 Å². The van der Waals surface area contributed by atoms with Crippen LogP contribution in [0.3, 0.4) is 0 Å². The minimum absolute atomic E-state index is 0.0338. The number of ether oxygens (including phenoxy) is 1. The molecular formula is C24H36N4O2. The van der Waals surface area contributed by atoms with Crippen LogP contribution in [0, 0.1) is 23.2 Å². The van der Waals surface area contributed by atoms with Gasteiger partial charge in [-0.3, -0.25) is 0 Å². The topological polar surface area (TPSA) is 79.3 Å². The van der Waals surface area contributed by atoms with E-state index in [-0.39, 0.29) is 23.7 Å². The van der Waals surface area contributed by atoms with E-state index in [4.69, 9.17) is 14.7 Å². The van der Waals surface area contributed by atoms with Crippen LogP contribution in [0.2, 0.25) is 0 Å². The minimum Gasteiger partial charge on any atom is -0.394 e. The number of rotatable bonds is 7. The maximum absolute atomic E-state index is 9.80. The summed E-state index contributed by atoms with van der Waals surface area (Å²) in [6.07, 6.45) is 12.2. The third kappa shape index (κ3) is 3.13. The maximum atomic E-state index is 9.80. The van der Waals surface area contributed by atoms with E-state index in [1.807, 2.05) is 0 Å². The second-order valence-corrected chi connectivity index (χ2v) is 11.0. The van der Waals surface area contributed by atoms with Crippen LogP contribution in [-0.2, 0) is 17.6 Å². The first-order valence-electron chi connectivity index (χ1n) is 12.3. The van der Waals surface area contributed by atoms with Crippen LogP contribution in [0.1, 0.15) is 69.5 Å². The van der Waals surface area contributed by atoms with Gasteiger partial charge >= 0.3 is 0 Å². The van der Waals surface area contributed by atoms with Gasteiger partial charge < -0.3 is 20.5 Å². The monoisotopic (exact) mass is 412 g/mol. The summed E-state index contributed by atoms with van der Waals surface area (Å²) in [5.41, 5.74) is 2.55. The van der Waals surface area contributed by atoms with Crippen molar-refractivity contribution in [2.24, 2.45) is 23.2 Å². The molecule has 0 radical (unpaired) electrons. The van der Waals surface area contributed by atoms with Crippen LogP contribution in [0.4, 0.5) is 11.8 Å². The van der Waals surface area contributed by atoms with Gasteiger partial charge in [-0.2, -0.15) is 4.98 Å². The second kappa shape index (κ2) is 7.06. The lowest BCUT2D eigenvalue weighted by atomic mass is 9.60. The molecule has 3 heterocycles. The van der Waals surface area contributed by atoms with Crippen molar-refractivity contribution >= 4 is 11.8 Å². The molecule has 5 fully saturated rings. The number of aliphatic hydroxyl groups excluding tert-OH is 1. The Balaban J connectivity index is 1.17. The molecule has 1 aromatic rings. The van der Waals surface area contributed by atoms with Crippen molar-refractivity contribution in [2.75, 3.05) is 30.3 Å². The number of anilines is 2. The van der Waals surface area contributed by atoms with Gasteiger partial charge in [0.15, 0.2) is 0 Å². The quantitative estimate of drug-likeness (QED) is 0.636. The zero-order chi connectivity index (χ0) is 20.3. The SMILES string of the molecule is CC12CC(CNc3nc(NCC4[C@H]5CCCC[C@@H]45)nc4c3CCCC4)(C1)C(CO)O2. The Bertz CT molecular complexity index is 810. The van der Waals surface area contributed by atoms with E-state index in [0.717, 1.165) is 68.3 Å². The van der Waals surface area contributed by atoms with Crippen LogP contribution in [0.15, 0.2) is 0 Å². The zero-order valence-corrected chi connectivity index (χ0v) is 18.3. The van der Waals surface area contributed by atoms with Gasteiger partial charge in [0, 0.05) is 24.1 Å². The van der Waals surface area contributed by atoms with Gasteiger partial charge in [0.2, 0.25) is 5.95 Å². The minimum atomic E-state index is -0.0523. The molecule has 4 atom stereocenters. The summed E-state index contributed by atoms with van der Waals surface area (Å²) >= 11 is 0. The predicted molar refractivity (Wildman–Crippen MR) is 117 cm³/mol. The number of fused-ring (bicyclic) bond motifs is 3. The van der Waals surface area contributed by atoms with Crippen molar-refractivity contribution in [3.63, 3.8) is 0 Å². The fraction of sp³-hybridized carbons (Fsp3) is 0.833. The molecule has 6 nitrogen and oxygen atoms in total. The normalized spacial score (nSPS) is 40.9. The Kier molecular flexibility index (Phi) is 4.54. The van der Waals surface area contributed by atoms with Gasteiger partial charge in [-0.15, -0.1) is 0 Å². The summed E-state index contributed by atoms with van der Waals surface area (Å²) in [6, 6.07) is 0. The molecule has 1 aromatic heterocycles. The highest BCUT2D eigenvalue weighted by Crippen LogP contribution is 2.61. The summed E-state index contributed by atoms with van der Waals surface area (Å²) in [7, 11) is 0. The smallest absolute Gasteiger partial charge is 0.224 e. The Morgan fingerprint density at radius 2 is 1.80 bits per heavy atom. The van der Waals surface area contributed by atoms with Gasteiger partial charge in [0.1, 0.15) is 5.82 Å². The molecule has 2 aliphatic heterocycles. The summed E-state index contributed by atoms with van der Waals surface area (Å²) in [5, 5.41) is 17.1. The fourth-order valence-corrected chi connectivity index (χ4v) is 7.42. The number of aromatic nitrogens is 2. The lowest BCUT2D eigenvalue weighted by molar-refractivity contribution is -0.0238. The molecule has 2 bridgehead atoms. The number of nitrogens with one attached hydrogen (secondary N) is 2. The summed E-state index contributed by atoms with van der Waals surface area (Å²) in [4.78, 5) is 9.86. The predicted octanol–water partition coefficient (Wildman–Crippen LogP) is 3.55. The second-order valence-electron chi connectivity index (χ2n) is 11.0. The molecule has 2 unspecified atom stereocenters. The number of nitrogens with zero attached hydrogens (tertiary/aromatic N) is 2. The third-order valence-electron chi connectivity index (χ3n) is 8.85. The first kappa shape index (κ1) is 19.3. The molecule has 0 aromatic carbocycles. The van der Waals surface area contributed by atoms with E-state index in [1.165, 1.54) is 49.8 Å². The highest BCUT2D eigenvalue weighted by molar-refractivity contribution is 5.52. The van der Waals surface area contributed by atoms with Gasteiger partial charge in [-0.05, 0) is 76.0 Å². The van der Waals surface area contributed by atoms with E-state index in [0.29, 0.717) is 0 Å². The first-order valence-corrected chi connectivity index (χ1v) is 12.3. The van der Waals surface area contributed by atoms with Crippen molar-refractivity contribution in [1.82, 2.24) is 9.97 Å². The van der Waals surface area contributed by atoms with Gasteiger partial charge in [0.25, 0.3) is 0 Å². The highest BCUT2D eigenvalue weighted by atomic mass is 16.5. The lowest BCUT2D eigenvalue weighted by Gasteiger charge is -2.43. The fourth-order valence-electron chi connectivity index (χ4n) is 7.42. The van der Waals surface area contributed by atoms with Crippen molar-refractivity contribution < 1.29 is 9.84 Å². The number of aliphatic hydroxyl groups is 1. The Morgan fingerprint density at radius 3 is 2.57 bits per heavy atom. The molecule has 4 aliphatic carbocycles. The van der Waals surface area contributed by atoms with E-state index in [9.17, 15) is 5.11 Å². The van der Waals surface area contributed by atoms with Crippen LogP contribution < -0.4 is 10.6 Å². The molecule has 30 heavy (non-hydrogen) atoms. The summed E-state index contributed by atoms with van der Waals surface area (Å²) in [5.74, 6) is 4.55. The van der Waals surface area contributed by atoms with Crippen molar-refractivity contribution in [3.8, 4) is 0 Å². The summed E-state index contributed by atoms with van der Waals surface area (Å²) in [6.45, 7) is 4.13. The molecule has 6 aliphatic rings. The summed E-state index contributed by atoms with van der Waals surface area (Å²) < 4.78 is 6.08. The van der Waals surface area contributed by atoms with E-state index in [1.54, 1.807) is 0 Å². The zero-order valence-electron chi connectivity index (χ0n) is 18.3. The molecule has 6 heteroatoms. The molecule has 164 valence electrons. The highest BCUT2D eigenvalue weighted by Gasteiger charge is 2.65. The third-order valence-corrected chi connectivity index (χ3v) is 8.85. The molecule has 0 amide bonds. The molecule has 7 rings (SSSR count). The Hall–Kier alpha value is -1.40. The van der Waals surface area contributed by atoms with Crippen molar-refractivity contribution in [1.29, 1.82) is 0 Å². The number of hydrogen-bond donors (Lipinski definition) is 3. The van der Waals surface area contributed by atoms with Gasteiger partial charge in [-0.25, -0.2) is 4.98 Å². The number of aryl methyl sites for hydroxylation is 1. The maximum Gasteiger partial charge on any atom is 0.224 e. The standard InChI is InChI=1S/C24H36N4O2/c1-23-12-24(13-23,20(11-29)30-23)14-26-21-17-8-4-5-9-19(17)27-22(28-21)25-10-18-15-6-2-3-7-16(15)18/h15-16,18,20,29H,2-14H2,1H3,(H2,25,26,27,28)/t15-,16+,18?,20?,23?,24?. The first-order chi connectivity index (χ1) is 14.6. The Morgan fingerprint density at radius 1 is 1.03 bits per heavy atom. The molecule has 0 spiro atoms. The Labute approximate surface area is 179 Å². The lowest BCUT2D eigenvalue weighted by Crippen LogP contribution is -2.48. The van der Waals surface area contributed by atoms with Gasteiger partial charge in [0.05, 0.1) is 24.0 Å². The van der Waals surface area contributed by atoms with Crippen molar-refractivity contribution in [2.45, 2.75) is 82.8 Å². The number of hydrogen-bond acceptors (Lipinski definition) is 6. The van der Waals surface area contributed by atoms with Crippen LogP contribution in [0.5, 0.6) is 0 Å². The molecule has 2 saturated heterocycles. The van der Waals surface area contributed by atoms with Crippen LogP contribution in [0.25, 0.3) is 0 Å². The molecule has 3 saturated carbocycles. The largest absolute Gasteiger partial charge is 0.394 e. The van der Waals surface area contributed by atoms with Crippen LogP contribution >= 0.6 is 0 Å². The van der Waals surface area contributed by atoms with E-state index < -0.39 is 0 Å².